The highest BCUT2D eigenvalue weighted by atomic mass is 32.2. The van der Waals surface area contributed by atoms with Crippen LogP contribution in [0.5, 0.6) is 0 Å². The van der Waals surface area contributed by atoms with E-state index in [1.165, 1.54) is 18.2 Å². The Morgan fingerprint density at radius 3 is 2.61 bits per heavy atom. The number of sulfonamides is 1. The number of hydrogen-bond acceptors (Lipinski definition) is 5. The predicted octanol–water partition coefficient (Wildman–Crippen LogP) is 1.91. The van der Waals surface area contributed by atoms with E-state index in [4.69, 9.17) is 9.84 Å². The van der Waals surface area contributed by atoms with Crippen molar-refractivity contribution in [3.63, 3.8) is 0 Å². The van der Waals surface area contributed by atoms with Crippen LogP contribution in [-0.2, 0) is 14.8 Å². The van der Waals surface area contributed by atoms with Gasteiger partial charge >= 0.3 is 5.97 Å². The summed E-state index contributed by atoms with van der Waals surface area (Å²) in [4.78, 5) is 11.0. The maximum Gasteiger partial charge on any atom is 0.335 e. The van der Waals surface area contributed by atoms with Crippen LogP contribution in [0.1, 0.15) is 36.5 Å². The molecular weight excluding hydrogens is 320 g/mol. The van der Waals surface area contributed by atoms with Crippen LogP contribution in [0.3, 0.4) is 0 Å². The van der Waals surface area contributed by atoms with Crippen molar-refractivity contribution < 1.29 is 23.1 Å². The van der Waals surface area contributed by atoms with Crippen molar-refractivity contribution in [1.29, 1.82) is 0 Å². The molecule has 0 amide bonds. The molecule has 7 nitrogen and oxygen atoms in total. The third-order valence-electron chi connectivity index (χ3n) is 3.21. The number of benzene rings is 1. The molecule has 8 heteroatoms. The van der Waals surface area contributed by atoms with E-state index in [1.54, 1.807) is 7.11 Å². The molecule has 0 unspecified atom stereocenters. The van der Waals surface area contributed by atoms with Gasteiger partial charge in [0.15, 0.2) is 0 Å². The van der Waals surface area contributed by atoms with Crippen LogP contribution >= 0.6 is 0 Å². The predicted molar refractivity (Wildman–Crippen MR) is 88.5 cm³/mol. The van der Waals surface area contributed by atoms with Gasteiger partial charge in [0, 0.05) is 20.2 Å². The van der Waals surface area contributed by atoms with E-state index >= 15 is 0 Å². The monoisotopic (exact) mass is 344 g/mol. The van der Waals surface area contributed by atoms with Gasteiger partial charge in [0.05, 0.1) is 17.9 Å². The Balaban J connectivity index is 3.02. The highest BCUT2D eigenvalue weighted by molar-refractivity contribution is 7.89. The number of unbranched alkanes of at least 4 members (excludes halogenated alkanes) is 2. The van der Waals surface area contributed by atoms with E-state index in [0.29, 0.717) is 25.4 Å². The normalized spacial score (nSPS) is 11.4. The zero-order valence-corrected chi connectivity index (χ0v) is 14.3. The molecule has 0 aromatic heterocycles. The summed E-state index contributed by atoms with van der Waals surface area (Å²) in [5, 5.41) is 12.0. The van der Waals surface area contributed by atoms with E-state index in [9.17, 15) is 13.2 Å². The maximum absolute atomic E-state index is 12.4. The quantitative estimate of drug-likeness (QED) is 0.530. The number of nitrogens with one attached hydrogen (secondary N) is 2. The number of carboxylic acid groups (broad SMARTS) is 1. The molecule has 0 atom stereocenters. The molecule has 1 aromatic rings. The van der Waals surface area contributed by atoms with Gasteiger partial charge in [-0.3, -0.25) is 0 Å². The zero-order valence-electron chi connectivity index (χ0n) is 13.5. The minimum atomic E-state index is -3.78. The molecule has 1 aromatic carbocycles. The summed E-state index contributed by atoms with van der Waals surface area (Å²) in [5.74, 6) is -1.17. The van der Waals surface area contributed by atoms with Gasteiger partial charge < -0.3 is 15.2 Å². The first-order valence-corrected chi connectivity index (χ1v) is 9.00. The molecule has 0 heterocycles. The Bertz CT molecular complexity index is 616. The number of methoxy groups -OCH3 is 1. The second kappa shape index (κ2) is 9.49. The molecule has 0 aliphatic heterocycles. The number of ether oxygens (including phenoxy) is 1. The van der Waals surface area contributed by atoms with Gasteiger partial charge in [0.2, 0.25) is 10.0 Å². The Kier molecular flexibility index (Phi) is 8.01. The summed E-state index contributed by atoms with van der Waals surface area (Å²) in [6, 6.07) is 3.99. The lowest BCUT2D eigenvalue weighted by atomic mass is 10.2. The first kappa shape index (κ1) is 19.4. The molecule has 0 saturated heterocycles. The van der Waals surface area contributed by atoms with Crippen molar-refractivity contribution in [1.82, 2.24) is 4.72 Å². The third kappa shape index (κ3) is 6.17. The van der Waals surface area contributed by atoms with E-state index in [0.717, 1.165) is 19.3 Å². The maximum atomic E-state index is 12.4. The fourth-order valence-corrected chi connectivity index (χ4v) is 3.25. The zero-order chi connectivity index (χ0) is 17.3. The van der Waals surface area contributed by atoms with Crippen LogP contribution < -0.4 is 10.0 Å². The van der Waals surface area contributed by atoms with Crippen molar-refractivity contribution >= 4 is 21.7 Å². The van der Waals surface area contributed by atoms with Crippen LogP contribution in [0.4, 0.5) is 5.69 Å². The molecule has 0 spiro atoms. The summed E-state index contributed by atoms with van der Waals surface area (Å²) >= 11 is 0. The van der Waals surface area contributed by atoms with Gasteiger partial charge in [-0.1, -0.05) is 19.8 Å². The van der Waals surface area contributed by atoms with Crippen molar-refractivity contribution in [3.05, 3.63) is 23.8 Å². The third-order valence-corrected chi connectivity index (χ3v) is 4.71. The van der Waals surface area contributed by atoms with Crippen LogP contribution in [0.25, 0.3) is 0 Å². The number of anilines is 1. The number of hydrogen-bond donors (Lipinski definition) is 3. The standard InChI is InChI=1S/C15H24N2O5S/c1-3-4-5-8-17-23(20,21)14-11-12(15(18)19)6-7-13(14)16-9-10-22-2/h6-7,11,16-17H,3-5,8-10H2,1-2H3,(H,18,19). The number of carbonyl (C=O) groups is 1. The van der Waals surface area contributed by atoms with Crippen LogP contribution in [-0.4, -0.2) is 46.3 Å². The highest BCUT2D eigenvalue weighted by Gasteiger charge is 2.20. The van der Waals surface area contributed by atoms with Gasteiger partial charge in [-0.15, -0.1) is 0 Å². The summed E-state index contributed by atoms with van der Waals surface area (Å²) in [6.45, 7) is 3.18. The number of carboxylic acids is 1. The average Bonchev–Trinajstić information content (AvgIpc) is 2.52. The molecule has 0 aliphatic rings. The Hall–Kier alpha value is -1.64. The largest absolute Gasteiger partial charge is 0.478 e. The van der Waals surface area contributed by atoms with Crippen LogP contribution in [0.2, 0.25) is 0 Å². The topological polar surface area (TPSA) is 105 Å². The van der Waals surface area contributed by atoms with Crippen LogP contribution in [0.15, 0.2) is 23.1 Å². The summed E-state index contributed by atoms with van der Waals surface area (Å²) < 4.78 is 32.3. The molecule has 1 rings (SSSR count). The number of aromatic carboxylic acids is 1. The van der Waals surface area contributed by atoms with Gasteiger partial charge in [-0.25, -0.2) is 17.9 Å². The molecule has 0 radical (unpaired) electrons. The van der Waals surface area contributed by atoms with Crippen LogP contribution in [0, 0.1) is 0 Å². The Morgan fingerprint density at radius 1 is 1.26 bits per heavy atom. The second-order valence-electron chi connectivity index (χ2n) is 5.04. The Labute approximate surface area is 137 Å². The fourth-order valence-electron chi connectivity index (χ4n) is 1.97. The molecule has 0 aliphatic carbocycles. The molecule has 0 fully saturated rings. The van der Waals surface area contributed by atoms with Gasteiger partial charge in [0.25, 0.3) is 0 Å². The molecule has 0 saturated carbocycles. The summed E-state index contributed by atoms with van der Waals surface area (Å²) in [7, 11) is -2.24. The van der Waals surface area contributed by atoms with E-state index in [-0.39, 0.29) is 10.5 Å². The van der Waals surface area contributed by atoms with E-state index < -0.39 is 16.0 Å². The minimum absolute atomic E-state index is 0.0648. The van der Waals surface area contributed by atoms with Crippen molar-refractivity contribution in [2.24, 2.45) is 0 Å². The SMILES string of the molecule is CCCCCNS(=O)(=O)c1cc(C(=O)O)ccc1NCCOC. The highest BCUT2D eigenvalue weighted by Crippen LogP contribution is 2.23. The lowest BCUT2D eigenvalue weighted by Gasteiger charge is -2.14. The average molecular weight is 344 g/mol. The first-order valence-electron chi connectivity index (χ1n) is 7.52. The van der Waals surface area contributed by atoms with Gasteiger partial charge in [-0.05, 0) is 24.6 Å². The number of rotatable bonds is 11. The minimum Gasteiger partial charge on any atom is -0.478 e. The lowest BCUT2D eigenvalue weighted by molar-refractivity contribution is 0.0696. The molecule has 3 N–H and O–H groups in total. The fraction of sp³-hybridized carbons (Fsp3) is 0.533. The molecular formula is C15H24N2O5S. The summed E-state index contributed by atoms with van der Waals surface area (Å²) in [5.41, 5.74) is 0.284. The van der Waals surface area contributed by atoms with E-state index in [2.05, 4.69) is 10.0 Å². The first-order chi connectivity index (χ1) is 10.9. The molecule has 0 bridgehead atoms. The smallest absolute Gasteiger partial charge is 0.335 e. The summed E-state index contributed by atoms with van der Waals surface area (Å²) in [6.07, 6.45) is 2.65. The Morgan fingerprint density at radius 2 is 2.00 bits per heavy atom. The van der Waals surface area contributed by atoms with Crippen molar-refractivity contribution in [2.75, 3.05) is 32.1 Å². The van der Waals surface area contributed by atoms with Crippen molar-refractivity contribution in [3.8, 4) is 0 Å². The second-order valence-corrected chi connectivity index (χ2v) is 6.78. The van der Waals surface area contributed by atoms with Crippen molar-refractivity contribution in [2.45, 2.75) is 31.1 Å². The molecule has 130 valence electrons. The van der Waals surface area contributed by atoms with E-state index in [1.807, 2.05) is 6.92 Å². The van der Waals surface area contributed by atoms with Gasteiger partial charge in [-0.2, -0.15) is 0 Å². The molecule has 23 heavy (non-hydrogen) atoms. The van der Waals surface area contributed by atoms with Gasteiger partial charge in [0.1, 0.15) is 4.90 Å². The lowest BCUT2D eigenvalue weighted by Crippen LogP contribution is -2.26.